The van der Waals surface area contributed by atoms with Crippen molar-refractivity contribution in [2.45, 2.75) is 17.9 Å². The van der Waals surface area contributed by atoms with E-state index in [1.807, 2.05) is 0 Å². The highest BCUT2D eigenvalue weighted by Gasteiger charge is 2.20. The maximum absolute atomic E-state index is 14.4. The second-order valence-corrected chi connectivity index (χ2v) is 7.99. The molecule has 1 atom stereocenters. The number of rotatable bonds is 5. The van der Waals surface area contributed by atoms with Crippen LogP contribution in [-0.4, -0.2) is 47.1 Å². The van der Waals surface area contributed by atoms with Gasteiger partial charge in [0.2, 0.25) is 0 Å². The van der Waals surface area contributed by atoms with Gasteiger partial charge >= 0.3 is 0 Å². The number of benzene rings is 1. The van der Waals surface area contributed by atoms with Crippen LogP contribution in [0.15, 0.2) is 35.5 Å². The van der Waals surface area contributed by atoms with E-state index in [1.165, 1.54) is 24.6 Å². The van der Waals surface area contributed by atoms with Crippen molar-refractivity contribution < 1.29 is 17.7 Å². The molecule has 0 aliphatic carbocycles. The van der Waals surface area contributed by atoms with Crippen LogP contribution in [0.4, 0.5) is 8.78 Å². The van der Waals surface area contributed by atoms with Gasteiger partial charge < -0.3 is 9.64 Å². The molecule has 1 unspecified atom stereocenters. The first-order valence-corrected chi connectivity index (χ1v) is 10.1. The summed E-state index contributed by atoms with van der Waals surface area (Å²) in [6.07, 6.45) is 4.92. The second-order valence-electron chi connectivity index (χ2n) is 6.67. The number of nitrogens with zero attached hydrogens (tertiary/aromatic N) is 2. The third-order valence-corrected chi connectivity index (χ3v) is 5.49. The van der Waals surface area contributed by atoms with Crippen LogP contribution in [0.25, 0.3) is 11.1 Å². The Kier molecular flexibility index (Phi) is 5.98. The van der Waals surface area contributed by atoms with Crippen LogP contribution in [0.5, 0.6) is 5.75 Å². The predicted octanol–water partition coefficient (Wildman–Crippen LogP) is 3.48. The zero-order valence-electron chi connectivity index (χ0n) is 14.9. The fourth-order valence-corrected chi connectivity index (χ4v) is 3.48. The maximum Gasteiger partial charge on any atom is 0.190 e. The normalized spacial score (nSPS) is 17.2. The molecule has 1 aromatic heterocycles. The average molecular weight is 380 g/mol. The molecule has 1 aliphatic heterocycles. The molecular formula is C19H22F2N2O2S. The molecule has 1 saturated heterocycles. The van der Waals surface area contributed by atoms with Crippen molar-refractivity contribution in [1.82, 2.24) is 9.88 Å². The van der Waals surface area contributed by atoms with Crippen LogP contribution in [0.3, 0.4) is 0 Å². The number of pyridine rings is 1. The van der Waals surface area contributed by atoms with Gasteiger partial charge in [0.05, 0.1) is 17.4 Å². The summed E-state index contributed by atoms with van der Waals surface area (Å²) in [5, 5.41) is 0.424. The smallest absolute Gasteiger partial charge is 0.190 e. The molecule has 2 heterocycles. The maximum atomic E-state index is 14.4. The summed E-state index contributed by atoms with van der Waals surface area (Å²) >= 11 is 0. The van der Waals surface area contributed by atoms with Crippen molar-refractivity contribution in [3.63, 3.8) is 0 Å². The lowest BCUT2D eigenvalue weighted by Crippen LogP contribution is -2.32. The van der Waals surface area contributed by atoms with Crippen LogP contribution in [-0.2, 0) is 10.8 Å². The molecule has 0 N–H and O–H groups in total. The van der Waals surface area contributed by atoms with Gasteiger partial charge in [0.15, 0.2) is 17.4 Å². The molecule has 0 amide bonds. The molecule has 1 aromatic carbocycles. The number of hydrogen-bond acceptors (Lipinski definition) is 4. The molecule has 26 heavy (non-hydrogen) atoms. The molecule has 0 bridgehead atoms. The topological polar surface area (TPSA) is 42.4 Å². The fourth-order valence-electron chi connectivity index (χ4n) is 3.02. The lowest BCUT2D eigenvalue weighted by atomic mass is 9.98. The minimum absolute atomic E-state index is 0.316. The summed E-state index contributed by atoms with van der Waals surface area (Å²) in [7, 11) is 0.868. The van der Waals surface area contributed by atoms with Crippen LogP contribution in [0, 0.1) is 17.6 Å². The predicted molar refractivity (Wildman–Crippen MR) is 97.6 cm³/mol. The molecule has 1 aliphatic rings. The Balaban J connectivity index is 1.72. The van der Waals surface area contributed by atoms with Gasteiger partial charge in [0.25, 0.3) is 0 Å². The summed E-state index contributed by atoms with van der Waals surface area (Å²) in [4.78, 5) is 6.30. The van der Waals surface area contributed by atoms with Gasteiger partial charge in [0.1, 0.15) is 5.03 Å². The first kappa shape index (κ1) is 18.9. The first-order valence-electron chi connectivity index (χ1n) is 8.54. The molecule has 3 rings (SSSR count). The van der Waals surface area contributed by atoms with E-state index in [-0.39, 0.29) is 5.75 Å². The minimum Gasteiger partial charge on any atom is -0.487 e. The monoisotopic (exact) mass is 380 g/mol. The van der Waals surface area contributed by atoms with Gasteiger partial charge in [-0.25, -0.2) is 13.8 Å². The lowest BCUT2D eigenvalue weighted by molar-refractivity contribution is 0.153. The van der Waals surface area contributed by atoms with Crippen molar-refractivity contribution in [2.24, 2.45) is 5.92 Å². The Labute approximate surface area is 154 Å². The standard InChI is InChI=1S/C19H22F2N2O2S/c1-23-7-5-13(6-8-23)12-25-19-16(20)9-15(10-17(19)21)14-3-4-18(22-11-14)26(2)24/h3-4,9-11,13H,5-8,12H2,1-2H3. The van der Waals surface area contributed by atoms with Crippen LogP contribution >= 0.6 is 0 Å². The van der Waals surface area contributed by atoms with E-state index in [9.17, 15) is 13.0 Å². The van der Waals surface area contributed by atoms with Crippen LogP contribution < -0.4 is 4.74 Å². The van der Waals surface area contributed by atoms with E-state index in [4.69, 9.17) is 4.74 Å². The summed E-state index contributed by atoms with van der Waals surface area (Å²) in [6.45, 7) is 2.27. The molecule has 4 nitrogen and oxygen atoms in total. The Hall–Kier alpha value is -1.86. The molecular weight excluding hydrogens is 358 g/mol. The van der Waals surface area contributed by atoms with E-state index in [1.54, 1.807) is 12.1 Å². The highest BCUT2D eigenvalue weighted by molar-refractivity contribution is 7.84. The van der Waals surface area contributed by atoms with E-state index < -0.39 is 22.4 Å². The van der Waals surface area contributed by atoms with Crippen molar-refractivity contribution in [3.8, 4) is 16.9 Å². The van der Waals surface area contributed by atoms with Gasteiger partial charge in [-0.3, -0.25) is 4.21 Å². The Morgan fingerprint density at radius 1 is 1.19 bits per heavy atom. The molecule has 0 spiro atoms. The van der Waals surface area contributed by atoms with Crippen LogP contribution in [0.2, 0.25) is 0 Å². The third kappa shape index (κ3) is 4.45. The number of halogens is 2. The largest absolute Gasteiger partial charge is 0.487 e. The van der Waals surface area contributed by atoms with Crippen molar-refractivity contribution >= 4 is 10.8 Å². The van der Waals surface area contributed by atoms with Gasteiger partial charge in [0, 0.05) is 18.0 Å². The molecule has 7 heteroatoms. The Morgan fingerprint density at radius 3 is 2.38 bits per heavy atom. The highest BCUT2D eigenvalue weighted by Crippen LogP contribution is 2.30. The number of likely N-dealkylation sites (tertiary alicyclic amines) is 1. The number of ether oxygens (including phenoxy) is 1. The highest BCUT2D eigenvalue weighted by atomic mass is 32.2. The Bertz CT molecular complexity index is 768. The third-order valence-electron chi connectivity index (χ3n) is 4.66. The molecule has 0 saturated carbocycles. The van der Waals surface area contributed by atoms with Gasteiger partial charge in [-0.05, 0) is 62.7 Å². The van der Waals surface area contributed by atoms with Gasteiger partial charge in [-0.2, -0.15) is 0 Å². The number of aromatic nitrogens is 1. The minimum atomic E-state index is -1.20. The summed E-state index contributed by atoms with van der Waals surface area (Å²) in [6, 6.07) is 5.72. The van der Waals surface area contributed by atoms with Gasteiger partial charge in [-0.1, -0.05) is 6.07 Å². The van der Waals surface area contributed by atoms with Gasteiger partial charge in [-0.15, -0.1) is 0 Å². The molecule has 140 valence electrons. The summed E-state index contributed by atoms with van der Waals surface area (Å²) in [5.74, 6) is -1.46. The number of piperidine rings is 1. The second kappa shape index (κ2) is 8.22. The van der Waals surface area contributed by atoms with E-state index in [0.717, 1.165) is 25.9 Å². The van der Waals surface area contributed by atoms with E-state index in [2.05, 4.69) is 16.9 Å². The van der Waals surface area contributed by atoms with Crippen molar-refractivity contribution in [3.05, 3.63) is 42.1 Å². The van der Waals surface area contributed by atoms with E-state index >= 15 is 0 Å². The van der Waals surface area contributed by atoms with Crippen molar-refractivity contribution in [2.75, 3.05) is 33.0 Å². The number of hydrogen-bond donors (Lipinski definition) is 0. The van der Waals surface area contributed by atoms with Crippen molar-refractivity contribution in [1.29, 1.82) is 0 Å². The first-order chi connectivity index (χ1) is 12.4. The molecule has 0 radical (unpaired) electrons. The summed E-state index contributed by atoms with van der Waals surface area (Å²) < 4.78 is 45.6. The average Bonchev–Trinajstić information content (AvgIpc) is 2.62. The SMILES string of the molecule is CN1CCC(COc2c(F)cc(-c3ccc(S(C)=O)nc3)cc2F)CC1. The summed E-state index contributed by atoms with van der Waals surface area (Å²) in [5.41, 5.74) is 0.923. The van der Waals surface area contributed by atoms with E-state index in [0.29, 0.717) is 28.7 Å². The molecule has 2 aromatic rings. The quantitative estimate of drug-likeness (QED) is 0.796. The zero-order valence-corrected chi connectivity index (χ0v) is 15.7. The lowest BCUT2D eigenvalue weighted by Gasteiger charge is -2.28. The Morgan fingerprint density at radius 2 is 1.85 bits per heavy atom. The molecule has 1 fully saturated rings. The fraction of sp³-hybridized carbons (Fsp3) is 0.421. The van der Waals surface area contributed by atoms with Crippen LogP contribution in [0.1, 0.15) is 12.8 Å². The zero-order chi connectivity index (χ0) is 18.7.